The van der Waals surface area contributed by atoms with Crippen molar-refractivity contribution in [3.8, 4) is 22.8 Å². The van der Waals surface area contributed by atoms with Crippen molar-refractivity contribution >= 4 is 27.8 Å². The van der Waals surface area contributed by atoms with Crippen molar-refractivity contribution in [1.29, 1.82) is 0 Å². The minimum absolute atomic E-state index is 0.0000520. The van der Waals surface area contributed by atoms with Gasteiger partial charge in [0.2, 0.25) is 5.95 Å². The maximum Gasteiger partial charge on any atom is 0.437 e. The average Bonchev–Trinajstić information content (AvgIpc) is 2.76. The number of nitrogens with zero attached hydrogens (tertiary/aromatic N) is 3. The molecule has 186 valence electrons. The second-order valence-electron chi connectivity index (χ2n) is 8.06. The quantitative estimate of drug-likeness (QED) is 0.355. The van der Waals surface area contributed by atoms with Crippen molar-refractivity contribution in [2.24, 2.45) is 4.36 Å². The Labute approximate surface area is 201 Å². The molecule has 3 N–H and O–H groups in total. The van der Waals surface area contributed by atoms with Gasteiger partial charge in [-0.05, 0) is 55.0 Å². The number of fused-ring (bicyclic) bond motifs is 7. The molecule has 4 rings (SSSR count). The molecule has 2 heterocycles. The highest BCUT2D eigenvalue weighted by Crippen LogP contribution is 2.30. The summed E-state index contributed by atoms with van der Waals surface area (Å²) in [6.45, 7) is 0.579. The molecule has 0 saturated heterocycles. The Kier molecular flexibility index (Phi) is 7.22. The number of anilines is 2. The van der Waals surface area contributed by atoms with Crippen molar-refractivity contribution in [3.63, 3.8) is 0 Å². The average molecular weight is 507 g/mol. The molecular formula is C23H24F2N4O5S. The van der Waals surface area contributed by atoms with E-state index in [-0.39, 0.29) is 29.8 Å². The highest BCUT2D eigenvalue weighted by molar-refractivity contribution is 7.98. The predicted octanol–water partition coefficient (Wildman–Crippen LogP) is 5.07. The molecule has 0 radical (unpaired) electrons. The molecule has 9 nitrogen and oxygen atoms in total. The van der Waals surface area contributed by atoms with Gasteiger partial charge in [-0.3, -0.25) is 0 Å². The summed E-state index contributed by atoms with van der Waals surface area (Å²) in [5, 5.41) is 11.9. The number of amides is 1. The number of halogens is 2. The van der Waals surface area contributed by atoms with E-state index in [4.69, 9.17) is 14.6 Å². The van der Waals surface area contributed by atoms with Crippen LogP contribution in [0.5, 0.6) is 11.5 Å². The monoisotopic (exact) mass is 506 g/mol. The second kappa shape index (κ2) is 10.3. The Bertz CT molecular complexity index is 1320. The number of ether oxygens (including phenoxy) is 2. The molecular weight excluding hydrogens is 482 g/mol. The molecule has 0 unspecified atom stereocenters. The zero-order valence-electron chi connectivity index (χ0n) is 18.7. The van der Waals surface area contributed by atoms with Gasteiger partial charge in [-0.2, -0.15) is 4.36 Å². The number of rotatable bonds is 2. The van der Waals surface area contributed by atoms with Gasteiger partial charge >= 0.3 is 6.09 Å². The zero-order valence-corrected chi connectivity index (χ0v) is 19.6. The van der Waals surface area contributed by atoms with Crippen LogP contribution in [-0.2, 0) is 15.9 Å². The van der Waals surface area contributed by atoms with Crippen LogP contribution < -0.4 is 14.8 Å². The molecule has 1 amide bonds. The smallest absolute Gasteiger partial charge is 0.437 e. The highest BCUT2D eigenvalue weighted by atomic mass is 32.3. The molecule has 1 aliphatic heterocycles. The van der Waals surface area contributed by atoms with E-state index in [1.165, 1.54) is 24.5 Å². The number of nitrogens with one attached hydrogen (secondary N) is 1. The molecule has 6 bridgehead atoms. The third-order valence-corrected chi connectivity index (χ3v) is 6.59. The van der Waals surface area contributed by atoms with Gasteiger partial charge in [-0.25, -0.2) is 23.5 Å². The summed E-state index contributed by atoms with van der Waals surface area (Å²) in [4.78, 5) is 19.2. The zero-order chi connectivity index (χ0) is 25.0. The topological polar surface area (TPSA) is 126 Å². The lowest BCUT2D eigenvalue weighted by Gasteiger charge is -2.19. The van der Waals surface area contributed by atoms with Crippen LogP contribution in [0, 0.1) is 11.6 Å². The first-order chi connectivity index (χ1) is 16.7. The van der Waals surface area contributed by atoms with Gasteiger partial charge in [-0.15, -0.1) is 0 Å². The van der Waals surface area contributed by atoms with Crippen LogP contribution in [0.15, 0.2) is 47.0 Å². The molecule has 2 aromatic carbocycles. The molecule has 0 aliphatic carbocycles. The van der Waals surface area contributed by atoms with Crippen molar-refractivity contribution in [1.82, 2.24) is 9.97 Å². The number of aromatic nitrogens is 2. The van der Waals surface area contributed by atoms with Crippen LogP contribution in [0.4, 0.5) is 25.2 Å². The molecule has 3 aromatic rings. The van der Waals surface area contributed by atoms with E-state index in [0.717, 1.165) is 6.20 Å². The van der Waals surface area contributed by atoms with E-state index in [1.54, 1.807) is 18.2 Å². The number of hydrogen-bond acceptors (Lipinski definition) is 6. The fourth-order valence-corrected chi connectivity index (χ4v) is 4.88. The number of hydrogen-bond donors (Lipinski definition) is 4. The number of carbonyl (C=O) groups is 1. The van der Waals surface area contributed by atoms with Gasteiger partial charge in [-0.1, -0.05) is 10.1 Å². The van der Waals surface area contributed by atoms with Crippen LogP contribution >= 0.6 is 0 Å². The molecule has 0 saturated carbocycles. The molecule has 35 heavy (non-hydrogen) atoms. The van der Waals surface area contributed by atoms with E-state index in [2.05, 4.69) is 19.6 Å². The Balaban J connectivity index is 1.74. The minimum Gasteiger partial charge on any atom is -0.494 e. The van der Waals surface area contributed by atoms with Crippen molar-refractivity contribution in [2.45, 2.75) is 18.6 Å². The first-order valence-electron chi connectivity index (χ1n) is 10.7. The van der Waals surface area contributed by atoms with Crippen LogP contribution in [0.3, 0.4) is 0 Å². The van der Waals surface area contributed by atoms with E-state index in [1.807, 2.05) is 0 Å². The summed E-state index contributed by atoms with van der Waals surface area (Å²) in [5.41, 5.74) is 1.36. The lowest BCUT2D eigenvalue weighted by Crippen LogP contribution is -2.13. The van der Waals surface area contributed by atoms with E-state index >= 15 is 0 Å². The Morgan fingerprint density at radius 3 is 2.69 bits per heavy atom. The van der Waals surface area contributed by atoms with Gasteiger partial charge in [0.25, 0.3) is 0 Å². The summed E-state index contributed by atoms with van der Waals surface area (Å²) < 4.78 is 54.0. The normalized spacial score (nSPS) is 14.2. The maximum absolute atomic E-state index is 14.6. The summed E-state index contributed by atoms with van der Waals surface area (Å²) in [6.07, 6.45) is 2.16. The Morgan fingerprint density at radius 1 is 1.14 bits per heavy atom. The van der Waals surface area contributed by atoms with Crippen LogP contribution in [0.1, 0.15) is 18.4 Å². The van der Waals surface area contributed by atoms with Crippen LogP contribution in [-0.4, -0.2) is 45.2 Å². The number of carboxylic acid groups (broad SMARTS) is 1. The number of benzene rings is 2. The van der Waals surface area contributed by atoms with Crippen molar-refractivity contribution < 1.29 is 32.7 Å². The van der Waals surface area contributed by atoms with Gasteiger partial charge in [0.05, 0.1) is 19.4 Å². The SMILES string of the molecule is C[SH](O)(Cc1cc2cc(c1)OCCCCOc1cc(ccc1F)-c1nc(ncc1F)N2)=NC(=O)O. The van der Waals surface area contributed by atoms with E-state index in [0.29, 0.717) is 42.0 Å². The summed E-state index contributed by atoms with van der Waals surface area (Å²) >= 11 is 0. The first-order valence-corrected chi connectivity index (χ1v) is 13.0. The largest absolute Gasteiger partial charge is 0.494 e. The second-order valence-corrected chi connectivity index (χ2v) is 10.8. The predicted molar refractivity (Wildman–Crippen MR) is 129 cm³/mol. The fourth-order valence-electron chi connectivity index (χ4n) is 3.57. The standard InChI is InChI=1S/C23H24F2N4O5S/c1-35(32,29-23(30)31)13-14-8-16-11-17(9-14)33-6-2-3-7-34-20-10-15(4-5-18(20)24)21-19(25)12-26-22(27-16)28-21/h4-5,8-12,35H,2-3,6-7,13H2,1H3,(H,29,32)(H,30,31)(H,26,27,28). The van der Waals surface area contributed by atoms with Gasteiger partial charge in [0, 0.05) is 23.1 Å². The minimum atomic E-state index is -3.12. The number of thiol groups is 1. The Morgan fingerprint density at radius 2 is 1.91 bits per heavy atom. The molecule has 1 aliphatic rings. The maximum atomic E-state index is 14.6. The first kappa shape index (κ1) is 24.5. The van der Waals surface area contributed by atoms with Crippen molar-refractivity contribution in [2.75, 3.05) is 24.8 Å². The molecule has 0 atom stereocenters. The highest BCUT2D eigenvalue weighted by Gasteiger charge is 2.15. The Hall–Kier alpha value is -3.64. The van der Waals surface area contributed by atoms with Crippen LogP contribution in [0.25, 0.3) is 11.3 Å². The van der Waals surface area contributed by atoms with Gasteiger partial charge < -0.3 is 24.4 Å². The summed E-state index contributed by atoms with van der Waals surface area (Å²) in [7, 11) is -3.12. The third kappa shape index (κ3) is 6.49. The summed E-state index contributed by atoms with van der Waals surface area (Å²) in [5.74, 6) is -0.711. The fraction of sp³-hybridized carbons (Fsp3) is 0.261. The third-order valence-electron chi connectivity index (χ3n) is 5.02. The van der Waals surface area contributed by atoms with Gasteiger partial charge in [0.15, 0.2) is 17.4 Å². The van der Waals surface area contributed by atoms with E-state index < -0.39 is 27.8 Å². The molecule has 0 spiro atoms. The van der Waals surface area contributed by atoms with E-state index in [9.17, 15) is 18.1 Å². The molecule has 0 fully saturated rings. The van der Waals surface area contributed by atoms with Gasteiger partial charge in [0.1, 0.15) is 11.4 Å². The van der Waals surface area contributed by atoms with Crippen molar-refractivity contribution in [3.05, 3.63) is 59.8 Å². The lowest BCUT2D eigenvalue weighted by atomic mass is 10.1. The molecule has 1 aromatic heterocycles. The van der Waals surface area contributed by atoms with Crippen LogP contribution in [0.2, 0.25) is 0 Å². The lowest BCUT2D eigenvalue weighted by molar-refractivity contribution is 0.206. The molecule has 12 heteroatoms. The summed E-state index contributed by atoms with van der Waals surface area (Å²) in [6, 6.07) is 9.05.